The monoisotopic (exact) mass is 250 g/mol. The molecular formula is C15H26N2O. The zero-order valence-electron chi connectivity index (χ0n) is 11.7. The predicted octanol–water partition coefficient (Wildman–Crippen LogP) is 3.01. The summed E-state index contributed by atoms with van der Waals surface area (Å²) in [5.74, 6) is 1.80. The Morgan fingerprint density at radius 3 is 2.78 bits per heavy atom. The number of hydrogen-bond donors (Lipinski definition) is 1. The number of furan rings is 1. The quantitative estimate of drug-likeness (QED) is 0.841. The van der Waals surface area contributed by atoms with Gasteiger partial charge >= 0.3 is 0 Å². The van der Waals surface area contributed by atoms with Crippen molar-refractivity contribution in [2.45, 2.75) is 46.2 Å². The molecule has 1 aromatic rings. The molecule has 1 aromatic heterocycles. The first kappa shape index (κ1) is 13.6. The molecule has 102 valence electrons. The Bertz CT molecular complexity index is 340. The molecule has 0 unspecified atom stereocenters. The molecule has 3 nitrogen and oxygen atoms in total. The first-order valence-electron chi connectivity index (χ1n) is 7.24. The van der Waals surface area contributed by atoms with Crippen molar-refractivity contribution in [3.05, 3.63) is 23.7 Å². The van der Waals surface area contributed by atoms with Crippen LogP contribution in [-0.2, 0) is 13.1 Å². The van der Waals surface area contributed by atoms with Crippen LogP contribution in [0.1, 0.15) is 44.4 Å². The van der Waals surface area contributed by atoms with Gasteiger partial charge in [0, 0.05) is 12.1 Å². The molecule has 0 bridgehead atoms. The zero-order chi connectivity index (χ0) is 12.8. The maximum Gasteiger partial charge on any atom is 0.122 e. The minimum Gasteiger partial charge on any atom is -0.468 e. The molecule has 0 radical (unpaired) electrons. The summed E-state index contributed by atoms with van der Waals surface area (Å²) in [7, 11) is 0. The van der Waals surface area contributed by atoms with Crippen LogP contribution in [0.3, 0.4) is 0 Å². The molecule has 0 aromatic carbocycles. The Morgan fingerprint density at radius 1 is 1.28 bits per heavy atom. The number of piperidine rings is 1. The summed E-state index contributed by atoms with van der Waals surface area (Å²) in [6.45, 7) is 9.88. The van der Waals surface area contributed by atoms with Gasteiger partial charge in [-0.2, -0.15) is 0 Å². The van der Waals surface area contributed by atoms with Crippen LogP contribution in [0.4, 0.5) is 0 Å². The summed E-state index contributed by atoms with van der Waals surface area (Å²) in [6, 6.07) is 2.13. The van der Waals surface area contributed by atoms with E-state index in [0.717, 1.165) is 25.4 Å². The van der Waals surface area contributed by atoms with Gasteiger partial charge in [-0.05, 0) is 44.5 Å². The van der Waals surface area contributed by atoms with E-state index in [1.54, 1.807) is 0 Å². The van der Waals surface area contributed by atoms with Gasteiger partial charge in [0.15, 0.2) is 0 Å². The Hall–Kier alpha value is -0.800. The Balaban J connectivity index is 1.82. The topological polar surface area (TPSA) is 28.4 Å². The van der Waals surface area contributed by atoms with Crippen LogP contribution in [0, 0.1) is 5.92 Å². The van der Waals surface area contributed by atoms with Crippen molar-refractivity contribution in [3.63, 3.8) is 0 Å². The molecule has 18 heavy (non-hydrogen) atoms. The Labute approximate surface area is 111 Å². The second-order valence-corrected chi connectivity index (χ2v) is 5.73. The third-order valence-electron chi connectivity index (χ3n) is 3.52. The summed E-state index contributed by atoms with van der Waals surface area (Å²) in [5, 5.41) is 3.45. The van der Waals surface area contributed by atoms with Gasteiger partial charge in [0.2, 0.25) is 0 Å². The highest BCUT2D eigenvalue weighted by Gasteiger charge is 2.14. The summed E-state index contributed by atoms with van der Waals surface area (Å²) in [6.07, 6.45) is 5.91. The molecule has 0 spiro atoms. The molecular weight excluding hydrogens is 224 g/mol. The van der Waals surface area contributed by atoms with Gasteiger partial charge in [0.05, 0.1) is 12.8 Å². The molecule has 3 heteroatoms. The lowest BCUT2D eigenvalue weighted by Crippen LogP contribution is -2.29. The molecule has 2 heterocycles. The van der Waals surface area contributed by atoms with E-state index in [9.17, 15) is 0 Å². The SMILES string of the molecule is CC(C)CNCc1occc1CN1CCCCC1. The van der Waals surface area contributed by atoms with E-state index in [1.807, 2.05) is 6.26 Å². The Kier molecular flexibility index (Phi) is 5.26. The van der Waals surface area contributed by atoms with E-state index < -0.39 is 0 Å². The molecule has 2 rings (SSSR count). The molecule has 1 aliphatic rings. The number of nitrogens with one attached hydrogen (secondary N) is 1. The van der Waals surface area contributed by atoms with Crippen LogP contribution in [0.2, 0.25) is 0 Å². The smallest absolute Gasteiger partial charge is 0.122 e. The highest BCUT2D eigenvalue weighted by Crippen LogP contribution is 2.17. The lowest BCUT2D eigenvalue weighted by atomic mass is 10.1. The van der Waals surface area contributed by atoms with E-state index in [-0.39, 0.29) is 0 Å². The predicted molar refractivity (Wildman–Crippen MR) is 74.4 cm³/mol. The van der Waals surface area contributed by atoms with Crippen LogP contribution in [0.25, 0.3) is 0 Å². The van der Waals surface area contributed by atoms with Crippen LogP contribution in [0.5, 0.6) is 0 Å². The van der Waals surface area contributed by atoms with E-state index in [0.29, 0.717) is 5.92 Å². The number of likely N-dealkylation sites (tertiary alicyclic amines) is 1. The summed E-state index contributed by atoms with van der Waals surface area (Å²) < 4.78 is 5.60. The van der Waals surface area contributed by atoms with Crippen LogP contribution in [0.15, 0.2) is 16.7 Å². The first-order chi connectivity index (χ1) is 8.75. The minimum atomic E-state index is 0.686. The molecule has 1 aliphatic heterocycles. The molecule has 1 fully saturated rings. The largest absolute Gasteiger partial charge is 0.468 e. The van der Waals surface area contributed by atoms with Gasteiger partial charge in [-0.3, -0.25) is 4.90 Å². The molecule has 1 N–H and O–H groups in total. The highest BCUT2D eigenvalue weighted by molar-refractivity contribution is 5.17. The number of rotatable bonds is 6. The van der Waals surface area contributed by atoms with E-state index in [1.165, 1.54) is 37.9 Å². The summed E-state index contributed by atoms with van der Waals surface area (Å²) >= 11 is 0. The minimum absolute atomic E-state index is 0.686. The third kappa shape index (κ3) is 4.14. The molecule has 0 atom stereocenters. The Morgan fingerprint density at radius 2 is 2.06 bits per heavy atom. The van der Waals surface area contributed by atoms with Crippen molar-refractivity contribution in [2.24, 2.45) is 5.92 Å². The van der Waals surface area contributed by atoms with Gasteiger partial charge < -0.3 is 9.73 Å². The number of nitrogens with zero attached hydrogens (tertiary/aromatic N) is 1. The lowest BCUT2D eigenvalue weighted by molar-refractivity contribution is 0.219. The van der Waals surface area contributed by atoms with Crippen molar-refractivity contribution >= 4 is 0 Å². The fourth-order valence-electron chi connectivity index (χ4n) is 2.50. The van der Waals surface area contributed by atoms with Gasteiger partial charge in [-0.1, -0.05) is 20.3 Å². The van der Waals surface area contributed by atoms with Crippen molar-refractivity contribution in [1.82, 2.24) is 10.2 Å². The lowest BCUT2D eigenvalue weighted by Gasteiger charge is -2.26. The van der Waals surface area contributed by atoms with Crippen molar-refractivity contribution in [1.29, 1.82) is 0 Å². The normalized spacial score (nSPS) is 17.5. The average molecular weight is 250 g/mol. The van der Waals surface area contributed by atoms with E-state index in [4.69, 9.17) is 4.42 Å². The second-order valence-electron chi connectivity index (χ2n) is 5.73. The fourth-order valence-corrected chi connectivity index (χ4v) is 2.50. The highest BCUT2D eigenvalue weighted by atomic mass is 16.3. The van der Waals surface area contributed by atoms with Gasteiger partial charge in [0.25, 0.3) is 0 Å². The molecule has 0 saturated carbocycles. The average Bonchev–Trinajstić information content (AvgIpc) is 2.78. The molecule has 1 saturated heterocycles. The van der Waals surface area contributed by atoms with Gasteiger partial charge in [0.1, 0.15) is 5.76 Å². The maximum absolute atomic E-state index is 5.60. The van der Waals surface area contributed by atoms with Crippen molar-refractivity contribution in [3.8, 4) is 0 Å². The first-order valence-corrected chi connectivity index (χ1v) is 7.24. The summed E-state index contributed by atoms with van der Waals surface area (Å²) in [5.41, 5.74) is 1.35. The van der Waals surface area contributed by atoms with E-state index >= 15 is 0 Å². The van der Waals surface area contributed by atoms with Gasteiger partial charge in [-0.25, -0.2) is 0 Å². The number of hydrogen-bond acceptors (Lipinski definition) is 3. The van der Waals surface area contributed by atoms with Crippen LogP contribution >= 0.6 is 0 Å². The zero-order valence-corrected chi connectivity index (χ0v) is 11.7. The standard InChI is InChI=1S/C15H26N2O/c1-13(2)10-16-11-15-14(6-9-18-15)12-17-7-4-3-5-8-17/h6,9,13,16H,3-5,7-8,10-12H2,1-2H3. The van der Waals surface area contributed by atoms with Crippen LogP contribution in [-0.4, -0.2) is 24.5 Å². The van der Waals surface area contributed by atoms with Crippen molar-refractivity contribution < 1.29 is 4.42 Å². The second kappa shape index (κ2) is 6.95. The van der Waals surface area contributed by atoms with Gasteiger partial charge in [-0.15, -0.1) is 0 Å². The fraction of sp³-hybridized carbons (Fsp3) is 0.733. The summed E-state index contributed by atoms with van der Waals surface area (Å²) in [4.78, 5) is 2.54. The molecule has 0 amide bonds. The maximum atomic E-state index is 5.60. The van der Waals surface area contributed by atoms with Crippen molar-refractivity contribution in [2.75, 3.05) is 19.6 Å². The third-order valence-corrected chi connectivity index (χ3v) is 3.52. The van der Waals surface area contributed by atoms with E-state index in [2.05, 4.69) is 30.1 Å². The van der Waals surface area contributed by atoms with Crippen LogP contribution < -0.4 is 5.32 Å². The molecule has 0 aliphatic carbocycles.